The highest BCUT2D eigenvalue weighted by atomic mass is 19.1. The molecule has 5 heteroatoms. The van der Waals surface area contributed by atoms with Crippen molar-refractivity contribution in [3.05, 3.63) is 84.2 Å². The third-order valence-corrected chi connectivity index (χ3v) is 5.78. The Hall–Kier alpha value is -3.47. The molecule has 0 bridgehead atoms. The summed E-state index contributed by atoms with van der Waals surface area (Å²) >= 11 is 0. The molecule has 0 saturated carbocycles. The van der Waals surface area contributed by atoms with Gasteiger partial charge in [-0.1, -0.05) is 44.5 Å². The Morgan fingerprint density at radius 1 is 0.857 bits per heavy atom. The number of allylic oxidation sites excluding steroid dienone is 1. The van der Waals surface area contributed by atoms with Crippen LogP contribution < -0.4 is 19.9 Å². The van der Waals surface area contributed by atoms with Crippen molar-refractivity contribution in [3.63, 3.8) is 0 Å². The van der Waals surface area contributed by atoms with Crippen LogP contribution in [0.1, 0.15) is 44.2 Å². The van der Waals surface area contributed by atoms with Gasteiger partial charge in [-0.05, 0) is 60.7 Å². The van der Waals surface area contributed by atoms with Gasteiger partial charge in [-0.25, -0.2) is 4.39 Å². The van der Waals surface area contributed by atoms with Crippen molar-refractivity contribution in [2.24, 2.45) is 0 Å². The summed E-state index contributed by atoms with van der Waals surface area (Å²) in [6.45, 7) is 9.67. The third-order valence-electron chi connectivity index (χ3n) is 5.78. The van der Waals surface area contributed by atoms with E-state index in [1.807, 2.05) is 30.3 Å². The highest BCUT2D eigenvalue weighted by Crippen LogP contribution is 2.37. The Bertz CT molecular complexity index is 1100. The van der Waals surface area contributed by atoms with Gasteiger partial charge in [0.1, 0.15) is 23.1 Å². The monoisotopic (exact) mass is 477 g/mol. The number of ether oxygens (including phenoxy) is 3. The van der Waals surface area contributed by atoms with E-state index in [-0.39, 0.29) is 5.82 Å². The number of aryl methyl sites for hydroxylation is 1. The molecule has 0 amide bonds. The number of benzene rings is 3. The fourth-order valence-electron chi connectivity index (χ4n) is 3.82. The summed E-state index contributed by atoms with van der Waals surface area (Å²) in [6, 6.07) is 16.3. The van der Waals surface area contributed by atoms with E-state index in [9.17, 15) is 4.39 Å². The molecule has 2 N–H and O–H groups in total. The molecule has 3 aromatic carbocycles. The third kappa shape index (κ3) is 7.25. The molecule has 0 radical (unpaired) electrons. The maximum atomic E-state index is 13.5. The smallest absolute Gasteiger partial charge is 0.130 e. The van der Waals surface area contributed by atoms with Gasteiger partial charge in [-0.3, -0.25) is 0 Å². The van der Waals surface area contributed by atoms with Gasteiger partial charge in [0, 0.05) is 29.3 Å². The molecule has 0 atom stereocenters. The van der Waals surface area contributed by atoms with Crippen molar-refractivity contribution >= 4 is 5.69 Å². The van der Waals surface area contributed by atoms with Gasteiger partial charge < -0.3 is 19.9 Å². The number of nitrogen functional groups attached to an aromatic ring is 1. The summed E-state index contributed by atoms with van der Waals surface area (Å²) in [7, 11) is 0. The average molecular weight is 478 g/mol. The first-order valence-corrected chi connectivity index (χ1v) is 12.4. The lowest BCUT2D eigenvalue weighted by Gasteiger charge is -2.18. The van der Waals surface area contributed by atoms with E-state index < -0.39 is 0 Å². The molecule has 0 aliphatic rings. The van der Waals surface area contributed by atoms with Crippen LogP contribution in [0.4, 0.5) is 10.1 Å². The topological polar surface area (TPSA) is 53.7 Å². The summed E-state index contributed by atoms with van der Waals surface area (Å²) in [5.74, 6) is 2.09. The van der Waals surface area contributed by atoms with Crippen molar-refractivity contribution in [2.75, 3.05) is 25.6 Å². The zero-order chi connectivity index (χ0) is 25.0. The standard InChI is InChI=1S/C30H36FNO3/c1-4-7-17-35-30-21-29(22(6-3)20-26(30)23-13-15-24(31)16-14-23)34-19-9-18-33-28-12-8-11-27(32)25(28)10-5-2/h5,8,11-16,20-21H,2,4,6-7,9-10,17-19,32H2,1,3H3. The number of rotatable bonds is 14. The first kappa shape index (κ1) is 26.1. The number of anilines is 1. The van der Waals surface area contributed by atoms with Gasteiger partial charge in [-0.2, -0.15) is 0 Å². The van der Waals surface area contributed by atoms with Crippen LogP contribution in [0, 0.1) is 5.82 Å². The van der Waals surface area contributed by atoms with Crippen LogP contribution in [-0.4, -0.2) is 19.8 Å². The first-order chi connectivity index (χ1) is 17.1. The predicted octanol–water partition coefficient (Wildman–Crippen LogP) is 7.39. The highest BCUT2D eigenvalue weighted by Gasteiger charge is 2.14. The molecule has 186 valence electrons. The van der Waals surface area contributed by atoms with Crippen molar-refractivity contribution < 1.29 is 18.6 Å². The second-order valence-corrected chi connectivity index (χ2v) is 8.39. The van der Waals surface area contributed by atoms with Gasteiger partial charge in [-0.15, -0.1) is 6.58 Å². The maximum absolute atomic E-state index is 13.5. The lowest BCUT2D eigenvalue weighted by molar-refractivity contribution is 0.244. The molecule has 0 heterocycles. The van der Waals surface area contributed by atoms with Crippen LogP contribution in [0.3, 0.4) is 0 Å². The minimum Gasteiger partial charge on any atom is -0.493 e. The lowest BCUT2D eigenvalue weighted by atomic mass is 10.00. The van der Waals surface area contributed by atoms with E-state index in [1.54, 1.807) is 12.1 Å². The maximum Gasteiger partial charge on any atom is 0.130 e. The summed E-state index contributed by atoms with van der Waals surface area (Å²) in [4.78, 5) is 0. The molecule has 0 fully saturated rings. The highest BCUT2D eigenvalue weighted by molar-refractivity contribution is 5.73. The molecule has 0 unspecified atom stereocenters. The fraction of sp³-hybridized carbons (Fsp3) is 0.333. The Morgan fingerprint density at radius 2 is 1.54 bits per heavy atom. The molecule has 4 nitrogen and oxygen atoms in total. The van der Waals surface area contributed by atoms with Crippen LogP contribution in [-0.2, 0) is 12.8 Å². The molecule has 0 saturated heterocycles. The predicted molar refractivity (Wildman–Crippen MR) is 142 cm³/mol. The quantitative estimate of drug-likeness (QED) is 0.149. The zero-order valence-electron chi connectivity index (χ0n) is 20.8. The molecule has 0 spiro atoms. The molecule has 0 aromatic heterocycles. The molecule has 35 heavy (non-hydrogen) atoms. The molecule has 0 aliphatic heterocycles. The molecule has 0 aliphatic carbocycles. The second-order valence-electron chi connectivity index (χ2n) is 8.39. The van der Waals surface area contributed by atoms with E-state index in [2.05, 4.69) is 26.5 Å². The normalized spacial score (nSPS) is 10.7. The Kier molecular flexibility index (Phi) is 10.0. The molecular weight excluding hydrogens is 441 g/mol. The van der Waals surface area contributed by atoms with Gasteiger partial charge in [0.05, 0.1) is 19.8 Å². The van der Waals surface area contributed by atoms with E-state index in [0.29, 0.717) is 31.9 Å². The van der Waals surface area contributed by atoms with Gasteiger partial charge in [0.2, 0.25) is 0 Å². The van der Waals surface area contributed by atoms with Gasteiger partial charge in [0.25, 0.3) is 0 Å². The minimum absolute atomic E-state index is 0.255. The van der Waals surface area contributed by atoms with Crippen LogP contribution in [0.25, 0.3) is 11.1 Å². The van der Waals surface area contributed by atoms with Gasteiger partial charge in [0.15, 0.2) is 0 Å². The SMILES string of the molecule is C=CCc1c(N)cccc1OCCCOc1cc(OCCCC)c(-c2ccc(F)cc2)cc1CC. The van der Waals surface area contributed by atoms with E-state index in [4.69, 9.17) is 19.9 Å². The number of nitrogens with two attached hydrogens (primary N) is 1. The molecular formula is C30H36FNO3. The molecule has 3 aromatic rings. The first-order valence-electron chi connectivity index (χ1n) is 12.4. The molecule has 3 rings (SSSR count). The van der Waals surface area contributed by atoms with Gasteiger partial charge >= 0.3 is 0 Å². The second kappa shape index (κ2) is 13.4. The van der Waals surface area contributed by atoms with Crippen molar-refractivity contribution in [1.82, 2.24) is 0 Å². The van der Waals surface area contributed by atoms with Crippen LogP contribution >= 0.6 is 0 Å². The van der Waals surface area contributed by atoms with E-state index in [0.717, 1.165) is 65.2 Å². The Balaban J connectivity index is 1.69. The largest absolute Gasteiger partial charge is 0.493 e. The van der Waals surface area contributed by atoms with Crippen LogP contribution in [0.2, 0.25) is 0 Å². The number of unbranched alkanes of at least 4 members (excludes halogenated alkanes) is 1. The van der Waals surface area contributed by atoms with E-state index >= 15 is 0 Å². The number of halogens is 1. The number of hydrogen-bond acceptors (Lipinski definition) is 4. The van der Waals surface area contributed by atoms with Crippen molar-refractivity contribution in [2.45, 2.75) is 46.0 Å². The summed E-state index contributed by atoms with van der Waals surface area (Å²) in [5, 5.41) is 0. The van der Waals surface area contributed by atoms with E-state index in [1.165, 1.54) is 12.1 Å². The fourth-order valence-corrected chi connectivity index (χ4v) is 3.82. The van der Waals surface area contributed by atoms with Crippen molar-refractivity contribution in [3.8, 4) is 28.4 Å². The minimum atomic E-state index is -0.255. The van der Waals surface area contributed by atoms with Crippen LogP contribution in [0.15, 0.2) is 67.3 Å². The zero-order valence-corrected chi connectivity index (χ0v) is 20.8. The number of hydrogen-bond donors (Lipinski definition) is 1. The Labute approximate surface area is 208 Å². The van der Waals surface area contributed by atoms with Crippen LogP contribution in [0.5, 0.6) is 17.2 Å². The summed E-state index contributed by atoms with van der Waals surface area (Å²) in [5.41, 5.74) is 10.7. The summed E-state index contributed by atoms with van der Waals surface area (Å²) in [6.07, 6.45) is 6.03. The summed E-state index contributed by atoms with van der Waals surface area (Å²) < 4.78 is 31.7. The lowest BCUT2D eigenvalue weighted by Crippen LogP contribution is -2.08. The Morgan fingerprint density at radius 3 is 2.23 bits per heavy atom. The average Bonchev–Trinajstić information content (AvgIpc) is 2.86. The van der Waals surface area contributed by atoms with Crippen molar-refractivity contribution in [1.29, 1.82) is 0 Å².